The van der Waals surface area contributed by atoms with Crippen molar-refractivity contribution in [2.75, 3.05) is 6.54 Å². The maximum Gasteiger partial charge on any atom is 0.0739 e. The van der Waals surface area contributed by atoms with Gasteiger partial charge in [-0.15, -0.1) is 0 Å². The number of aryl methyl sites for hydroxylation is 2. The van der Waals surface area contributed by atoms with Gasteiger partial charge >= 0.3 is 0 Å². The monoisotopic (exact) mass is 299 g/mol. The van der Waals surface area contributed by atoms with Crippen molar-refractivity contribution in [3.63, 3.8) is 0 Å². The van der Waals surface area contributed by atoms with Crippen molar-refractivity contribution in [2.45, 2.75) is 52.1 Å². The second-order valence-corrected chi connectivity index (χ2v) is 5.76. The summed E-state index contributed by atoms with van der Waals surface area (Å²) >= 11 is 3.66. The lowest BCUT2D eigenvalue weighted by atomic mass is 10.2. The molecule has 1 aromatic rings. The molecule has 0 N–H and O–H groups in total. The number of nitrogens with zero attached hydrogens (tertiary/aromatic N) is 3. The molecule has 1 saturated carbocycles. The Labute approximate surface area is 112 Å². The van der Waals surface area contributed by atoms with Crippen molar-refractivity contribution in [1.82, 2.24) is 14.7 Å². The lowest BCUT2D eigenvalue weighted by molar-refractivity contribution is 0.195. The molecule has 3 nitrogen and oxygen atoms in total. The van der Waals surface area contributed by atoms with E-state index in [-0.39, 0.29) is 0 Å². The van der Waals surface area contributed by atoms with Gasteiger partial charge in [0.2, 0.25) is 0 Å². The zero-order valence-corrected chi connectivity index (χ0v) is 12.6. The standard InChI is InChI=1S/C13H22BrN3/c1-4-17(11-7-5-6-8-11)9-12-13(14)10(2)15-16(12)3/h11H,4-9H2,1-3H3. The molecule has 1 heterocycles. The minimum Gasteiger partial charge on any atom is -0.295 e. The molecule has 1 aliphatic rings. The van der Waals surface area contributed by atoms with E-state index in [1.165, 1.54) is 35.8 Å². The van der Waals surface area contributed by atoms with Gasteiger partial charge < -0.3 is 0 Å². The molecular formula is C13H22BrN3. The number of hydrogen-bond acceptors (Lipinski definition) is 2. The van der Waals surface area contributed by atoms with E-state index in [0.717, 1.165) is 24.8 Å². The van der Waals surface area contributed by atoms with E-state index in [1.54, 1.807) is 0 Å². The van der Waals surface area contributed by atoms with Gasteiger partial charge in [0.15, 0.2) is 0 Å². The Balaban J connectivity index is 2.12. The lowest BCUT2D eigenvalue weighted by Gasteiger charge is -2.27. The first kappa shape index (κ1) is 13.1. The van der Waals surface area contributed by atoms with Crippen molar-refractivity contribution in [3.8, 4) is 0 Å². The van der Waals surface area contributed by atoms with Crippen molar-refractivity contribution < 1.29 is 0 Å². The summed E-state index contributed by atoms with van der Waals surface area (Å²) < 4.78 is 3.19. The second kappa shape index (κ2) is 5.53. The fraction of sp³-hybridized carbons (Fsp3) is 0.769. The molecule has 17 heavy (non-hydrogen) atoms. The Kier molecular flexibility index (Phi) is 4.26. The van der Waals surface area contributed by atoms with Crippen molar-refractivity contribution in [2.24, 2.45) is 7.05 Å². The molecule has 96 valence electrons. The number of rotatable bonds is 4. The first-order valence-electron chi connectivity index (χ1n) is 6.55. The molecule has 4 heteroatoms. The summed E-state index contributed by atoms with van der Waals surface area (Å²) in [5.74, 6) is 0. The minimum absolute atomic E-state index is 0.780. The summed E-state index contributed by atoms with van der Waals surface area (Å²) in [4.78, 5) is 2.59. The average molecular weight is 300 g/mol. The highest BCUT2D eigenvalue weighted by molar-refractivity contribution is 9.10. The Hall–Kier alpha value is -0.350. The molecule has 0 amide bonds. The highest BCUT2D eigenvalue weighted by Gasteiger charge is 2.23. The van der Waals surface area contributed by atoms with Gasteiger partial charge in [-0.1, -0.05) is 19.8 Å². The Morgan fingerprint density at radius 2 is 2.06 bits per heavy atom. The summed E-state index contributed by atoms with van der Waals surface area (Å²) in [6.07, 6.45) is 5.52. The molecule has 0 atom stereocenters. The van der Waals surface area contributed by atoms with E-state index in [9.17, 15) is 0 Å². The van der Waals surface area contributed by atoms with Crippen LogP contribution in [0.5, 0.6) is 0 Å². The maximum absolute atomic E-state index is 4.47. The van der Waals surface area contributed by atoms with E-state index in [0.29, 0.717) is 0 Å². The second-order valence-electron chi connectivity index (χ2n) is 4.97. The zero-order valence-electron chi connectivity index (χ0n) is 11.0. The highest BCUT2D eigenvalue weighted by atomic mass is 79.9. The van der Waals surface area contributed by atoms with Crippen LogP contribution in [0.1, 0.15) is 44.0 Å². The van der Waals surface area contributed by atoms with Crippen molar-refractivity contribution in [1.29, 1.82) is 0 Å². The molecular weight excluding hydrogens is 278 g/mol. The van der Waals surface area contributed by atoms with E-state index >= 15 is 0 Å². The SMILES string of the molecule is CCN(Cc1c(Br)c(C)nn1C)C1CCCC1. The van der Waals surface area contributed by atoms with E-state index in [2.05, 4.69) is 39.8 Å². The van der Waals surface area contributed by atoms with Crippen LogP contribution < -0.4 is 0 Å². The molecule has 1 fully saturated rings. The van der Waals surface area contributed by atoms with Crippen LogP contribution in [0.3, 0.4) is 0 Å². The normalized spacial score (nSPS) is 17.2. The maximum atomic E-state index is 4.47. The molecule has 0 aliphatic heterocycles. The third-order valence-corrected chi connectivity index (χ3v) is 4.89. The molecule has 1 aliphatic carbocycles. The third-order valence-electron chi connectivity index (χ3n) is 3.86. The zero-order chi connectivity index (χ0) is 12.4. The molecule has 0 aromatic carbocycles. The van der Waals surface area contributed by atoms with Gasteiger partial charge in [-0.2, -0.15) is 5.10 Å². The number of aromatic nitrogens is 2. The van der Waals surface area contributed by atoms with Gasteiger partial charge in [0.25, 0.3) is 0 Å². The quantitative estimate of drug-likeness (QED) is 0.851. The van der Waals surface area contributed by atoms with Crippen LogP contribution in [0, 0.1) is 6.92 Å². The van der Waals surface area contributed by atoms with Crippen LogP contribution in [-0.4, -0.2) is 27.3 Å². The molecule has 0 saturated heterocycles. The van der Waals surface area contributed by atoms with E-state index in [1.807, 2.05) is 11.7 Å². The van der Waals surface area contributed by atoms with Crippen LogP contribution in [0.15, 0.2) is 4.47 Å². The van der Waals surface area contributed by atoms with Crippen molar-refractivity contribution >= 4 is 15.9 Å². The molecule has 0 spiro atoms. The topological polar surface area (TPSA) is 21.1 Å². The van der Waals surface area contributed by atoms with Gasteiger partial charge in [-0.3, -0.25) is 9.58 Å². The predicted octanol–water partition coefficient (Wildman–Crippen LogP) is 3.26. The van der Waals surface area contributed by atoms with Gasteiger partial charge in [0, 0.05) is 19.6 Å². The summed E-state index contributed by atoms with van der Waals surface area (Å²) in [6, 6.07) is 0.780. The first-order valence-corrected chi connectivity index (χ1v) is 7.34. The highest BCUT2D eigenvalue weighted by Crippen LogP contribution is 2.27. The van der Waals surface area contributed by atoms with Gasteiger partial charge in [0.1, 0.15) is 0 Å². The lowest BCUT2D eigenvalue weighted by Crippen LogP contribution is -2.33. The molecule has 0 unspecified atom stereocenters. The average Bonchev–Trinajstić information content (AvgIpc) is 2.89. The fourth-order valence-electron chi connectivity index (χ4n) is 2.81. The van der Waals surface area contributed by atoms with Crippen LogP contribution in [0.2, 0.25) is 0 Å². The molecule has 1 aromatic heterocycles. The Morgan fingerprint density at radius 3 is 2.53 bits per heavy atom. The Bertz CT molecular complexity index is 380. The summed E-state index contributed by atoms with van der Waals surface area (Å²) in [5, 5.41) is 4.47. The smallest absolute Gasteiger partial charge is 0.0739 e. The molecule has 0 bridgehead atoms. The Morgan fingerprint density at radius 1 is 1.41 bits per heavy atom. The van der Waals surface area contributed by atoms with Crippen LogP contribution >= 0.6 is 15.9 Å². The fourth-order valence-corrected chi connectivity index (χ4v) is 3.27. The molecule has 0 radical (unpaired) electrons. The van der Waals surface area contributed by atoms with Gasteiger partial charge in [-0.05, 0) is 42.2 Å². The summed E-state index contributed by atoms with van der Waals surface area (Å²) in [7, 11) is 2.04. The number of halogens is 1. The van der Waals surface area contributed by atoms with E-state index in [4.69, 9.17) is 0 Å². The largest absolute Gasteiger partial charge is 0.295 e. The predicted molar refractivity (Wildman–Crippen MR) is 74.0 cm³/mol. The van der Waals surface area contributed by atoms with Crippen LogP contribution in [-0.2, 0) is 13.6 Å². The van der Waals surface area contributed by atoms with E-state index < -0.39 is 0 Å². The molecule has 2 rings (SSSR count). The van der Waals surface area contributed by atoms with Crippen molar-refractivity contribution in [3.05, 3.63) is 15.9 Å². The van der Waals surface area contributed by atoms with Gasteiger partial charge in [0.05, 0.1) is 15.9 Å². The number of hydrogen-bond donors (Lipinski definition) is 0. The van der Waals surface area contributed by atoms with Gasteiger partial charge in [-0.25, -0.2) is 0 Å². The first-order chi connectivity index (χ1) is 8.13. The van der Waals surface area contributed by atoms with Crippen LogP contribution in [0.4, 0.5) is 0 Å². The van der Waals surface area contributed by atoms with Crippen LogP contribution in [0.25, 0.3) is 0 Å². The summed E-state index contributed by atoms with van der Waals surface area (Å²) in [5.41, 5.74) is 2.39. The third kappa shape index (κ3) is 2.74. The summed E-state index contributed by atoms with van der Waals surface area (Å²) in [6.45, 7) is 6.45. The minimum atomic E-state index is 0.780.